The Morgan fingerprint density at radius 3 is 2.56 bits per heavy atom. The van der Waals surface area contributed by atoms with Gasteiger partial charge < -0.3 is 9.63 Å². The van der Waals surface area contributed by atoms with Crippen molar-refractivity contribution >= 4 is 0 Å². The summed E-state index contributed by atoms with van der Waals surface area (Å²) in [6, 6.07) is 0. The fraction of sp³-hybridized carbons (Fsp3) is 0.600. The number of aliphatic hydroxyl groups is 1. The van der Waals surface area contributed by atoms with E-state index < -0.39 is 6.10 Å². The maximum absolute atomic E-state index is 8.93. The van der Waals surface area contributed by atoms with Crippen molar-refractivity contribution in [1.29, 1.82) is 0 Å². The van der Waals surface area contributed by atoms with Gasteiger partial charge in [0.25, 0.3) is 0 Å². The molecule has 0 radical (unpaired) electrons. The maximum atomic E-state index is 8.93. The SMILES string of the molecule is Cc1onnc1C(C)O. The number of nitrogens with zero attached hydrogens (tertiary/aromatic N) is 2. The van der Waals surface area contributed by atoms with Gasteiger partial charge in [-0.2, -0.15) is 0 Å². The highest BCUT2D eigenvalue weighted by Crippen LogP contribution is 2.11. The zero-order valence-corrected chi connectivity index (χ0v) is 5.33. The van der Waals surface area contributed by atoms with E-state index in [0.717, 1.165) is 0 Å². The second-order valence-corrected chi connectivity index (χ2v) is 1.89. The second-order valence-electron chi connectivity index (χ2n) is 1.89. The van der Waals surface area contributed by atoms with Crippen LogP contribution in [0.3, 0.4) is 0 Å². The minimum Gasteiger partial charge on any atom is -0.387 e. The van der Waals surface area contributed by atoms with Gasteiger partial charge >= 0.3 is 0 Å². The van der Waals surface area contributed by atoms with Gasteiger partial charge in [0.1, 0.15) is 5.69 Å². The summed E-state index contributed by atoms with van der Waals surface area (Å²) >= 11 is 0. The highest BCUT2D eigenvalue weighted by atomic mass is 16.5. The largest absolute Gasteiger partial charge is 0.387 e. The van der Waals surface area contributed by atoms with Crippen LogP contribution in [0.4, 0.5) is 0 Å². The van der Waals surface area contributed by atoms with Crippen molar-refractivity contribution in [3.8, 4) is 0 Å². The van der Waals surface area contributed by atoms with Crippen molar-refractivity contribution < 1.29 is 9.63 Å². The number of hydrogen-bond acceptors (Lipinski definition) is 4. The molecule has 0 amide bonds. The van der Waals surface area contributed by atoms with E-state index in [1.807, 2.05) is 0 Å². The molecule has 50 valence electrons. The monoisotopic (exact) mass is 128 g/mol. The molecule has 1 N–H and O–H groups in total. The van der Waals surface area contributed by atoms with Gasteiger partial charge in [0.05, 0.1) is 6.10 Å². The molecule has 0 saturated carbocycles. The third-order valence-corrected chi connectivity index (χ3v) is 1.08. The molecule has 0 spiro atoms. The van der Waals surface area contributed by atoms with Crippen molar-refractivity contribution in [2.75, 3.05) is 0 Å². The molecule has 1 aromatic rings. The van der Waals surface area contributed by atoms with E-state index in [0.29, 0.717) is 11.5 Å². The first-order chi connectivity index (χ1) is 4.22. The molecule has 4 heteroatoms. The summed E-state index contributed by atoms with van der Waals surface area (Å²) < 4.78 is 4.60. The lowest BCUT2D eigenvalue weighted by Gasteiger charge is -1.94. The Labute approximate surface area is 52.5 Å². The molecule has 0 aromatic carbocycles. The quantitative estimate of drug-likeness (QED) is 0.595. The van der Waals surface area contributed by atoms with Crippen LogP contribution in [0.1, 0.15) is 24.5 Å². The summed E-state index contributed by atoms with van der Waals surface area (Å²) in [5.74, 6) is 0.574. The standard InChI is InChI=1S/C5H8N2O2/c1-3(8)5-4(2)9-7-6-5/h3,8H,1-2H3. The number of aromatic nitrogens is 2. The van der Waals surface area contributed by atoms with E-state index in [4.69, 9.17) is 5.11 Å². The fourth-order valence-electron chi connectivity index (χ4n) is 0.621. The highest BCUT2D eigenvalue weighted by molar-refractivity contribution is 5.04. The second kappa shape index (κ2) is 2.14. The molecule has 0 saturated heterocycles. The zero-order valence-electron chi connectivity index (χ0n) is 5.33. The van der Waals surface area contributed by atoms with Crippen LogP contribution < -0.4 is 0 Å². The highest BCUT2D eigenvalue weighted by Gasteiger charge is 2.09. The molecule has 0 aliphatic carbocycles. The van der Waals surface area contributed by atoms with Crippen LogP contribution >= 0.6 is 0 Å². The molecule has 1 rings (SSSR count). The molecule has 0 fully saturated rings. The van der Waals surface area contributed by atoms with E-state index in [1.165, 1.54) is 0 Å². The Morgan fingerprint density at radius 1 is 1.67 bits per heavy atom. The Kier molecular flexibility index (Phi) is 1.48. The van der Waals surface area contributed by atoms with E-state index in [2.05, 4.69) is 14.9 Å². The molecular formula is C5H8N2O2. The molecule has 0 aliphatic rings. The van der Waals surface area contributed by atoms with Gasteiger partial charge in [0.15, 0.2) is 5.76 Å². The Balaban J connectivity index is 2.94. The van der Waals surface area contributed by atoms with Crippen LogP contribution in [-0.2, 0) is 0 Å². The van der Waals surface area contributed by atoms with Gasteiger partial charge in [-0.1, -0.05) is 0 Å². The first-order valence-corrected chi connectivity index (χ1v) is 2.68. The predicted molar refractivity (Wildman–Crippen MR) is 29.7 cm³/mol. The van der Waals surface area contributed by atoms with Crippen LogP contribution in [0.2, 0.25) is 0 Å². The van der Waals surface area contributed by atoms with E-state index in [9.17, 15) is 0 Å². The summed E-state index contributed by atoms with van der Waals surface area (Å²) in [6.07, 6.45) is -0.587. The first-order valence-electron chi connectivity index (χ1n) is 2.68. The summed E-state index contributed by atoms with van der Waals surface area (Å²) in [7, 11) is 0. The minimum absolute atomic E-state index is 0.509. The molecule has 0 bridgehead atoms. The first kappa shape index (κ1) is 6.22. The van der Waals surface area contributed by atoms with Crippen LogP contribution in [0.5, 0.6) is 0 Å². The van der Waals surface area contributed by atoms with E-state index in [1.54, 1.807) is 13.8 Å². The van der Waals surface area contributed by atoms with Crippen molar-refractivity contribution in [1.82, 2.24) is 10.4 Å². The fourth-order valence-corrected chi connectivity index (χ4v) is 0.621. The summed E-state index contributed by atoms with van der Waals surface area (Å²) in [6.45, 7) is 3.33. The number of hydrogen-bond donors (Lipinski definition) is 1. The summed E-state index contributed by atoms with van der Waals surface area (Å²) in [5, 5.41) is 15.7. The van der Waals surface area contributed by atoms with Gasteiger partial charge in [-0.05, 0) is 13.8 Å². The third-order valence-electron chi connectivity index (χ3n) is 1.08. The Hall–Kier alpha value is -0.900. The van der Waals surface area contributed by atoms with Crippen LogP contribution in [0.15, 0.2) is 4.52 Å². The van der Waals surface area contributed by atoms with Crippen molar-refractivity contribution in [2.45, 2.75) is 20.0 Å². The molecule has 1 unspecified atom stereocenters. The number of aryl methyl sites for hydroxylation is 1. The lowest BCUT2D eigenvalue weighted by Crippen LogP contribution is -1.92. The summed E-state index contributed by atoms with van der Waals surface area (Å²) in [5.41, 5.74) is 0.509. The normalized spacial score (nSPS) is 13.7. The van der Waals surface area contributed by atoms with Crippen LogP contribution in [0, 0.1) is 6.92 Å². The van der Waals surface area contributed by atoms with Crippen LogP contribution in [0.25, 0.3) is 0 Å². The van der Waals surface area contributed by atoms with Gasteiger partial charge in [-0.25, -0.2) is 0 Å². The molecule has 1 atom stereocenters. The molecule has 1 heterocycles. The van der Waals surface area contributed by atoms with E-state index >= 15 is 0 Å². The molecule has 9 heavy (non-hydrogen) atoms. The zero-order chi connectivity index (χ0) is 6.85. The lowest BCUT2D eigenvalue weighted by atomic mass is 10.2. The lowest BCUT2D eigenvalue weighted by molar-refractivity contribution is 0.193. The topological polar surface area (TPSA) is 59.2 Å². The van der Waals surface area contributed by atoms with E-state index in [-0.39, 0.29) is 0 Å². The average molecular weight is 128 g/mol. The molecule has 4 nitrogen and oxygen atoms in total. The van der Waals surface area contributed by atoms with Crippen LogP contribution in [-0.4, -0.2) is 15.5 Å². The maximum Gasteiger partial charge on any atom is 0.160 e. The summed E-state index contributed by atoms with van der Waals surface area (Å²) in [4.78, 5) is 0. The third kappa shape index (κ3) is 1.08. The van der Waals surface area contributed by atoms with Gasteiger partial charge in [-0.15, -0.1) is 5.10 Å². The van der Waals surface area contributed by atoms with Crippen molar-refractivity contribution in [3.05, 3.63) is 11.5 Å². The Bertz CT molecular complexity index is 195. The minimum atomic E-state index is -0.587. The van der Waals surface area contributed by atoms with Gasteiger partial charge in [0, 0.05) is 5.27 Å². The van der Waals surface area contributed by atoms with Gasteiger partial charge in [-0.3, -0.25) is 0 Å². The predicted octanol–water partition coefficient (Wildman–Crippen LogP) is 0.431. The van der Waals surface area contributed by atoms with Gasteiger partial charge in [0.2, 0.25) is 0 Å². The molecule has 0 aliphatic heterocycles. The average Bonchev–Trinajstić information content (AvgIpc) is 2.13. The Morgan fingerprint density at radius 2 is 2.33 bits per heavy atom. The number of aliphatic hydroxyl groups excluding tert-OH is 1. The van der Waals surface area contributed by atoms with Crippen molar-refractivity contribution in [3.63, 3.8) is 0 Å². The number of rotatable bonds is 1. The van der Waals surface area contributed by atoms with Crippen molar-refractivity contribution in [2.24, 2.45) is 0 Å². The molecule has 1 aromatic heterocycles. The molecular weight excluding hydrogens is 120 g/mol. The smallest absolute Gasteiger partial charge is 0.160 e.